The van der Waals surface area contributed by atoms with E-state index in [0.717, 1.165) is 14.9 Å². The Morgan fingerprint density at radius 3 is 1.25 bits per heavy atom. The van der Waals surface area contributed by atoms with Crippen LogP contribution in [0.4, 0.5) is 4.39 Å². The molecule has 0 aliphatic carbocycles. The van der Waals surface area contributed by atoms with Crippen LogP contribution in [0.15, 0.2) is 247 Å². The van der Waals surface area contributed by atoms with Crippen molar-refractivity contribution in [2.75, 3.05) is 0 Å². The molecule has 0 radical (unpaired) electrons. The molecule has 0 fully saturated rings. The zero-order chi connectivity index (χ0) is 84.3. The quantitative estimate of drug-likeness (QED) is 0.0957. The van der Waals surface area contributed by atoms with E-state index in [0.29, 0.717) is 140 Å². The van der Waals surface area contributed by atoms with Crippen LogP contribution in [-0.2, 0) is 7.05 Å². The minimum absolute atomic E-state index is 0.134. The smallest absolute Gasteiger partial charge is 0.257 e. The van der Waals surface area contributed by atoms with Crippen molar-refractivity contribution in [3.8, 4) is 68.9 Å². The van der Waals surface area contributed by atoms with E-state index in [1.54, 1.807) is 197 Å². The first-order chi connectivity index (χ1) is 58.6. The van der Waals surface area contributed by atoms with Crippen molar-refractivity contribution < 1.29 is 32.0 Å². The molecule has 0 bridgehead atoms. The van der Waals surface area contributed by atoms with Crippen LogP contribution in [0.25, 0.3) is 83.2 Å². The van der Waals surface area contributed by atoms with E-state index in [4.69, 9.17) is 13.3 Å². The maximum atomic E-state index is 14.4. The van der Waals surface area contributed by atoms with Gasteiger partial charge in [-0.05, 0) is 151 Å². The molecule has 0 unspecified atom stereocenters. The Kier molecular flexibility index (Phi) is 22.1. The molecule has 3 N–H and O–H groups in total. The van der Waals surface area contributed by atoms with Crippen LogP contribution in [0.2, 0.25) is 0 Å². The number of aromatic nitrogens is 13. The number of aryl methyl sites for hydroxylation is 6. The Bertz CT molecular complexity index is 7270. The van der Waals surface area contributed by atoms with Gasteiger partial charge in [0.05, 0.1) is 101 Å². The van der Waals surface area contributed by atoms with Gasteiger partial charge < -0.3 is 29.2 Å². The van der Waals surface area contributed by atoms with E-state index >= 15 is 0 Å². The fraction of sp³-hybridized carbons (Fsp3) is 0.129. The number of thiazole rings is 2. The Labute approximate surface area is 696 Å². The predicted octanol–water partition coefficient (Wildman–Crippen LogP) is 15.5. The molecule has 6 aromatic carbocycles. The maximum absolute atomic E-state index is 14.4. The van der Waals surface area contributed by atoms with Gasteiger partial charge in [-0.25, -0.2) is 42.9 Å². The van der Waals surface area contributed by atoms with E-state index in [2.05, 4.69) is 96.8 Å². The Balaban J connectivity index is 0.000000135. The normalized spacial score (nSPS) is 11.8. The van der Waals surface area contributed by atoms with E-state index in [-0.39, 0.29) is 45.0 Å². The lowest BCUT2D eigenvalue weighted by molar-refractivity contribution is 0.0928. The van der Waals surface area contributed by atoms with Gasteiger partial charge in [-0.3, -0.25) is 33.4 Å². The minimum Gasteiger partial charge on any atom is -0.458 e. The summed E-state index contributed by atoms with van der Waals surface area (Å²) in [7, 11) is 1.79. The van der Waals surface area contributed by atoms with E-state index in [1.807, 2.05) is 79.9 Å². The number of carbonyl (C=O) groups is 3. The highest BCUT2D eigenvalue weighted by atomic mass is 32.1. The van der Waals surface area contributed by atoms with Crippen molar-refractivity contribution >= 4 is 90.2 Å². The largest absolute Gasteiger partial charge is 0.458 e. The third kappa shape index (κ3) is 16.2. The number of carbonyl (C=O) groups excluding carboxylic acids is 3. The van der Waals surface area contributed by atoms with Gasteiger partial charge in [-0.1, -0.05) is 115 Å². The average molecular weight is 1640 g/mol. The molecular weight excluding hydrogens is 1570 g/mol. The summed E-state index contributed by atoms with van der Waals surface area (Å²) in [5.41, 5.74) is 9.62. The van der Waals surface area contributed by atoms with Gasteiger partial charge in [0.25, 0.3) is 17.7 Å². The maximum Gasteiger partial charge on any atom is 0.257 e. The number of fused-ring (bicyclic) bond motifs is 6. The van der Waals surface area contributed by atoms with Gasteiger partial charge in [-0.2, -0.15) is 20.4 Å². The zero-order valence-corrected chi connectivity index (χ0v) is 67.8. The van der Waals surface area contributed by atoms with Crippen molar-refractivity contribution in [3.63, 3.8) is 0 Å². The summed E-state index contributed by atoms with van der Waals surface area (Å²) < 4.78 is 39.7. The molecule has 594 valence electrons. The van der Waals surface area contributed by atoms with Gasteiger partial charge in [0.2, 0.25) is 16.3 Å². The van der Waals surface area contributed by atoms with Gasteiger partial charge in [-0.15, -0.1) is 22.7 Å². The second-order valence-electron chi connectivity index (χ2n) is 28.1. The Hall–Kier alpha value is -15.7. The topological polar surface area (TPSA) is 312 Å². The van der Waals surface area contributed by atoms with E-state index in [1.165, 1.54) is 45.4 Å². The second-order valence-corrected chi connectivity index (χ2v) is 30.4. The number of halogens is 1. The van der Waals surface area contributed by atoms with E-state index in [9.17, 15) is 33.2 Å². The van der Waals surface area contributed by atoms with Crippen LogP contribution in [0.3, 0.4) is 0 Å². The van der Waals surface area contributed by atoms with Crippen molar-refractivity contribution in [2.45, 2.75) is 73.5 Å². The molecule has 0 saturated carbocycles. The molecule has 18 aromatic rings. The molecule has 3 amide bonds. The number of hydrogen-bond acceptors (Lipinski definition) is 20. The van der Waals surface area contributed by atoms with Crippen LogP contribution < -0.4 is 32.2 Å². The van der Waals surface area contributed by atoms with Crippen LogP contribution in [-0.4, -0.2) is 81.3 Å². The van der Waals surface area contributed by atoms with Crippen LogP contribution in [0, 0.1) is 76.0 Å². The molecule has 3 atom stereocenters. The van der Waals surface area contributed by atoms with Gasteiger partial charge in [0.1, 0.15) is 62.2 Å². The van der Waals surface area contributed by atoms with Gasteiger partial charge in [0, 0.05) is 72.5 Å². The lowest BCUT2D eigenvalue weighted by Crippen LogP contribution is -2.28. The SMILES string of the molecule is Cc1nc(C#Cc2cccc3oc([C@H](C)NC(=O)c4c(C)nn5cccnc45)c(-c4ccccc4)c(=O)c23)cs1.Cc1ncc(C#Cc2cccc3oc([C@H](C)NC(=O)c4c(C)nn5cccnc45)c(-c4ccccc4)c(=O)c23)s1.Cc1nn2cccnc2c1C(=O)N[C@@H](C)c1oc2cccc(C#Cc3cnn(C)c3)c2c(=O)c1-c1cccc(F)c1. The fourth-order valence-corrected chi connectivity index (χ4v) is 15.4. The third-order valence-corrected chi connectivity index (χ3v) is 21.2. The molecule has 28 heteroatoms. The molecule has 0 saturated heterocycles. The van der Waals surface area contributed by atoms with Crippen LogP contribution in [0.1, 0.15) is 147 Å². The van der Waals surface area contributed by atoms with Crippen molar-refractivity contribution in [2.24, 2.45) is 7.05 Å². The first-order valence-electron chi connectivity index (χ1n) is 38.0. The molecular formula is C93H69FN16O9S2. The minimum atomic E-state index is -0.777. The highest BCUT2D eigenvalue weighted by Crippen LogP contribution is 2.36. The summed E-state index contributed by atoms with van der Waals surface area (Å²) in [5, 5.41) is 30.9. The molecule has 12 aromatic heterocycles. The first-order valence-corrected chi connectivity index (χ1v) is 39.7. The average Bonchev–Trinajstić information content (AvgIpc) is 1.60. The number of benzene rings is 6. The molecule has 12 heterocycles. The highest BCUT2D eigenvalue weighted by Gasteiger charge is 2.31. The number of hydrogen-bond donors (Lipinski definition) is 3. The third-order valence-electron chi connectivity index (χ3n) is 19.6. The number of rotatable bonds is 12. The van der Waals surface area contributed by atoms with Crippen molar-refractivity contribution in [1.29, 1.82) is 0 Å². The molecule has 0 aliphatic heterocycles. The fourth-order valence-electron chi connectivity index (χ4n) is 14.2. The van der Waals surface area contributed by atoms with Crippen molar-refractivity contribution in [3.05, 3.63) is 349 Å². The summed E-state index contributed by atoms with van der Waals surface area (Å²) in [5.74, 6) is 17.7. The lowest BCUT2D eigenvalue weighted by atomic mass is 9.97. The van der Waals surface area contributed by atoms with E-state index < -0.39 is 35.3 Å². The summed E-state index contributed by atoms with van der Waals surface area (Å²) in [6.45, 7) is 14.4. The van der Waals surface area contributed by atoms with Crippen LogP contribution in [0.5, 0.6) is 0 Å². The highest BCUT2D eigenvalue weighted by molar-refractivity contribution is 7.12. The molecule has 18 rings (SSSR count). The number of nitrogens with one attached hydrogen (secondary N) is 3. The standard InChI is InChI=1S/C31H23FN6O3.2C31H23N5O3S/c1-18-25(30-33-13-6-14-38(30)36-18)31(40)35-19(2)29-27(22-8-4-9-23(32)15-22)28(39)26-21(7-5-10-24(26)41-29)12-11-20-16-34-37(3)17-20;1-18-25(30-32-15-8-16-36(30)35-18)31(38)33-19(2)29-27(21-9-5-4-6-10-21)28(37)26-22(11-7-12-24(26)39-29)13-14-23-17-40-20(3)34-23;1-18-25(30-32-15-8-16-36(30)35-18)31(38)34-19(2)29-27(21-9-5-4-6-10-21)28(37)26-22(11-7-12-24(26)39-29)13-14-23-17-33-20(3)40-23/h4-10,13-17,19H,1-3H3,(H,35,40);4-12,15-17,19H,1-3H3,(H,33,38);4-12,15-17,19H,1-3H3,(H,34,38)/t3*19-/m000/s1. The van der Waals surface area contributed by atoms with Gasteiger partial charge >= 0.3 is 0 Å². The number of nitrogens with zero attached hydrogens (tertiary/aromatic N) is 13. The Morgan fingerprint density at radius 2 is 0.860 bits per heavy atom. The van der Waals surface area contributed by atoms with Crippen LogP contribution >= 0.6 is 22.7 Å². The van der Waals surface area contributed by atoms with Gasteiger partial charge in [0.15, 0.2) is 16.9 Å². The summed E-state index contributed by atoms with van der Waals surface area (Å²) in [4.78, 5) is 105. The van der Waals surface area contributed by atoms with Crippen molar-refractivity contribution in [1.82, 2.24) is 79.5 Å². The second kappa shape index (κ2) is 33.9. The Morgan fingerprint density at radius 1 is 0.455 bits per heavy atom. The zero-order valence-electron chi connectivity index (χ0n) is 66.2. The molecule has 121 heavy (non-hydrogen) atoms. The monoisotopic (exact) mass is 1640 g/mol. The molecule has 25 nitrogen and oxygen atoms in total. The first kappa shape index (κ1) is 79.2. The predicted molar refractivity (Wildman–Crippen MR) is 459 cm³/mol. The molecule has 0 aliphatic rings. The molecule has 0 spiro atoms. The number of amides is 3. The lowest BCUT2D eigenvalue weighted by Gasteiger charge is -2.18. The summed E-state index contributed by atoms with van der Waals surface area (Å²) >= 11 is 3.01. The summed E-state index contributed by atoms with van der Waals surface area (Å²) in [6.07, 6.45) is 15.1. The summed E-state index contributed by atoms with van der Waals surface area (Å²) in [6, 6.07) is 43.2.